The summed E-state index contributed by atoms with van der Waals surface area (Å²) in [5, 5.41) is 0. The molecule has 1 heterocycles. The fourth-order valence-electron chi connectivity index (χ4n) is 2.68. The predicted molar refractivity (Wildman–Crippen MR) is 72.7 cm³/mol. The Morgan fingerprint density at radius 3 is 2.61 bits per heavy atom. The third-order valence-corrected chi connectivity index (χ3v) is 3.63. The Balaban J connectivity index is 2.05. The second-order valence-corrected chi connectivity index (χ2v) is 5.79. The van der Waals surface area contributed by atoms with Gasteiger partial charge in [-0.3, -0.25) is 4.79 Å². The topological polar surface area (TPSA) is 46.1 Å². The van der Waals surface area contributed by atoms with Crippen molar-refractivity contribution < 1.29 is 4.79 Å². The maximum atomic E-state index is 11.9. The average Bonchev–Trinajstić information content (AvgIpc) is 2.80. The minimum atomic E-state index is -0.243. The van der Waals surface area contributed by atoms with Crippen LogP contribution in [0.5, 0.6) is 0 Å². The van der Waals surface area contributed by atoms with E-state index in [0.29, 0.717) is 19.0 Å². The second-order valence-electron chi connectivity index (χ2n) is 5.79. The van der Waals surface area contributed by atoms with E-state index in [9.17, 15) is 4.79 Å². The SMILES string of the molecule is CC(C)CC1(C)C(=O)N1Cc1cccc(CN)c1. The minimum Gasteiger partial charge on any atom is -0.326 e. The molecule has 1 aromatic carbocycles. The first-order valence-electron chi connectivity index (χ1n) is 6.57. The molecule has 1 unspecified atom stereocenters. The highest BCUT2D eigenvalue weighted by Gasteiger charge is 2.57. The van der Waals surface area contributed by atoms with Crippen LogP contribution in [0.1, 0.15) is 38.3 Å². The van der Waals surface area contributed by atoms with Gasteiger partial charge in [0.15, 0.2) is 0 Å². The molecule has 0 spiro atoms. The van der Waals surface area contributed by atoms with E-state index in [2.05, 4.69) is 26.0 Å². The molecule has 1 fully saturated rings. The van der Waals surface area contributed by atoms with E-state index >= 15 is 0 Å². The van der Waals surface area contributed by atoms with Crippen LogP contribution in [-0.4, -0.2) is 16.3 Å². The lowest BCUT2D eigenvalue weighted by Gasteiger charge is -2.13. The van der Waals surface area contributed by atoms with Gasteiger partial charge in [0.25, 0.3) is 0 Å². The van der Waals surface area contributed by atoms with Gasteiger partial charge in [0, 0.05) is 13.1 Å². The summed E-state index contributed by atoms with van der Waals surface area (Å²) in [6.07, 6.45) is 0.933. The Bertz CT molecular complexity index is 456. The Hall–Kier alpha value is -1.35. The molecule has 1 aliphatic rings. The first-order chi connectivity index (χ1) is 8.47. The van der Waals surface area contributed by atoms with Crippen molar-refractivity contribution >= 4 is 5.91 Å². The fourth-order valence-corrected chi connectivity index (χ4v) is 2.68. The molecule has 98 valence electrons. The molecule has 1 amide bonds. The maximum absolute atomic E-state index is 11.9. The second kappa shape index (κ2) is 4.73. The van der Waals surface area contributed by atoms with Crippen molar-refractivity contribution in [1.82, 2.24) is 4.90 Å². The summed E-state index contributed by atoms with van der Waals surface area (Å²) in [7, 11) is 0. The molecule has 1 saturated heterocycles. The number of nitrogens with two attached hydrogens (primary N) is 1. The largest absolute Gasteiger partial charge is 0.326 e. The van der Waals surface area contributed by atoms with Crippen LogP contribution in [0.4, 0.5) is 0 Å². The molecule has 1 atom stereocenters. The van der Waals surface area contributed by atoms with E-state index in [0.717, 1.165) is 12.0 Å². The van der Waals surface area contributed by atoms with Gasteiger partial charge < -0.3 is 10.6 Å². The Labute approximate surface area is 109 Å². The highest BCUT2D eigenvalue weighted by Crippen LogP contribution is 2.40. The summed E-state index contributed by atoms with van der Waals surface area (Å²) in [5.74, 6) is 0.814. The van der Waals surface area contributed by atoms with Crippen molar-refractivity contribution in [2.24, 2.45) is 11.7 Å². The number of nitrogens with zero attached hydrogens (tertiary/aromatic N) is 1. The lowest BCUT2D eigenvalue weighted by molar-refractivity contribution is -0.114. The Morgan fingerprint density at radius 2 is 2.00 bits per heavy atom. The highest BCUT2D eigenvalue weighted by molar-refractivity contribution is 6.01. The summed E-state index contributed by atoms with van der Waals surface area (Å²) >= 11 is 0. The van der Waals surface area contributed by atoms with Crippen LogP contribution in [0.3, 0.4) is 0 Å². The average molecular weight is 246 g/mol. The van der Waals surface area contributed by atoms with Crippen molar-refractivity contribution in [3.63, 3.8) is 0 Å². The lowest BCUT2D eigenvalue weighted by atomic mass is 9.98. The Morgan fingerprint density at radius 1 is 1.33 bits per heavy atom. The Kier molecular flexibility index (Phi) is 3.44. The molecule has 0 saturated carbocycles. The van der Waals surface area contributed by atoms with Gasteiger partial charge in [0.05, 0.1) is 0 Å². The molecule has 1 aromatic rings. The molecule has 0 aromatic heterocycles. The molecule has 18 heavy (non-hydrogen) atoms. The molecular weight excluding hydrogens is 224 g/mol. The maximum Gasteiger partial charge on any atom is 0.249 e. The van der Waals surface area contributed by atoms with E-state index in [1.165, 1.54) is 5.56 Å². The molecule has 0 aliphatic carbocycles. The van der Waals surface area contributed by atoms with Gasteiger partial charge >= 0.3 is 0 Å². The van der Waals surface area contributed by atoms with Crippen LogP contribution in [0.2, 0.25) is 0 Å². The number of hydrogen-bond acceptors (Lipinski definition) is 2. The monoisotopic (exact) mass is 246 g/mol. The van der Waals surface area contributed by atoms with E-state index in [4.69, 9.17) is 5.73 Å². The first-order valence-corrected chi connectivity index (χ1v) is 6.57. The third kappa shape index (κ3) is 2.41. The van der Waals surface area contributed by atoms with E-state index < -0.39 is 0 Å². The van der Waals surface area contributed by atoms with Gasteiger partial charge in [-0.05, 0) is 30.4 Å². The summed E-state index contributed by atoms with van der Waals surface area (Å²) in [6, 6.07) is 8.16. The van der Waals surface area contributed by atoms with Gasteiger partial charge in [0.1, 0.15) is 5.54 Å². The molecular formula is C15H22N2O. The van der Waals surface area contributed by atoms with E-state index in [-0.39, 0.29) is 11.4 Å². The number of carbonyl (C=O) groups is 1. The summed E-state index contributed by atoms with van der Waals surface area (Å²) in [4.78, 5) is 13.9. The van der Waals surface area contributed by atoms with E-state index in [1.54, 1.807) is 0 Å². The van der Waals surface area contributed by atoms with Gasteiger partial charge in [-0.15, -0.1) is 0 Å². The molecule has 2 N–H and O–H groups in total. The predicted octanol–water partition coefficient (Wildman–Crippen LogP) is 2.29. The van der Waals surface area contributed by atoms with Crippen molar-refractivity contribution in [2.45, 2.75) is 45.8 Å². The molecule has 2 rings (SSSR count). The molecule has 3 nitrogen and oxygen atoms in total. The van der Waals surface area contributed by atoms with Crippen LogP contribution >= 0.6 is 0 Å². The van der Waals surface area contributed by atoms with Gasteiger partial charge in [0.2, 0.25) is 5.91 Å². The summed E-state index contributed by atoms with van der Waals surface area (Å²) in [6.45, 7) is 7.61. The number of hydrogen-bond donors (Lipinski definition) is 1. The van der Waals surface area contributed by atoms with Crippen LogP contribution in [0.15, 0.2) is 24.3 Å². The lowest BCUT2D eigenvalue weighted by Crippen LogP contribution is -2.17. The van der Waals surface area contributed by atoms with Gasteiger partial charge in [-0.2, -0.15) is 0 Å². The van der Waals surface area contributed by atoms with Crippen molar-refractivity contribution in [1.29, 1.82) is 0 Å². The fraction of sp³-hybridized carbons (Fsp3) is 0.533. The van der Waals surface area contributed by atoms with Crippen LogP contribution in [0, 0.1) is 5.92 Å². The van der Waals surface area contributed by atoms with E-state index in [1.807, 2.05) is 24.0 Å². The van der Waals surface area contributed by atoms with Gasteiger partial charge in [-0.25, -0.2) is 0 Å². The minimum absolute atomic E-state index is 0.243. The summed E-state index contributed by atoms with van der Waals surface area (Å²) < 4.78 is 0. The number of amides is 1. The molecule has 3 heteroatoms. The highest BCUT2D eigenvalue weighted by atomic mass is 16.2. The van der Waals surface area contributed by atoms with Crippen molar-refractivity contribution in [3.05, 3.63) is 35.4 Å². The van der Waals surface area contributed by atoms with Gasteiger partial charge in [-0.1, -0.05) is 38.1 Å². The normalized spacial score (nSPS) is 22.7. The first kappa shape index (κ1) is 13.1. The van der Waals surface area contributed by atoms with Crippen molar-refractivity contribution in [3.8, 4) is 0 Å². The zero-order valence-electron chi connectivity index (χ0n) is 11.4. The van der Waals surface area contributed by atoms with Crippen molar-refractivity contribution in [2.75, 3.05) is 0 Å². The molecule has 1 aliphatic heterocycles. The number of carbonyl (C=O) groups excluding carboxylic acids is 1. The zero-order chi connectivity index (χ0) is 13.3. The van der Waals surface area contributed by atoms with Crippen LogP contribution in [0.25, 0.3) is 0 Å². The van der Waals surface area contributed by atoms with Crippen LogP contribution in [-0.2, 0) is 17.9 Å². The third-order valence-electron chi connectivity index (χ3n) is 3.63. The van der Waals surface area contributed by atoms with Crippen LogP contribution < -0.4 is 5.73 Å². The summed E-state index contributed by atoms with van der Waals surface area (Å²) in [5.41, 5.74) is 7.67. The number of rotatable bonds is 5. The zero-order valence-corrected chi connectivity index (χ0v) is 11.4. The quantitative estimate of drug-likeness (QED) is 0.810. The molecule has 0 bridgehead atoms. The number of benzene rings is 1. The molecule has 0 radical (unpaired) electrons. The standard InChI is InChI=1S/C15H22N2O/c1-11(2)8-15(3)14(18)17(15)10-13-6-4-5-12(7-13)9-16/h4-7,11H,8-10,16H2,1-3H3. The smallest absolute Gasteiger partial charge is 0.249 e.